The molecule has 0 radical (unpaired) electrons. The van der Waals surface area contributed by atoms with E-state index >= 15 is 0 Å². The summed E-state index contributed by atoms with van der Waals surface area (Å²) in [5.74, 6) is 1.13. The van der Waals surface area contributed by atoms with Crippen LogP contribution in [0.4, 0.5) is 9.52 Å². The van der Waals surface area contributed by atoms with Gasteiger partial charge in [0.1, 0.15) is 24.4 Å². The summed E-state index contributed by atoms with van der Waals surface area (Å²) in [5, 5.41) is 19.9. The van der Waals surface area contributed by atoms with Gasteiger partial charge in [-0.1, -0.05) is 6.07 Å². The minimum absolute atomic E-state index is 0.0621. The number of benzene rings is 2. The van der Waals surface area contributed by atoms with E-state index in [0.29, 0.717) is 35.4 Å². The highest BCUT2D eigenvalue weighted by Crippen LogP contribution is 2.41. The fourth-order valence-corrected chi connectivity index (χ4v) is 5.33. The van der Waals surface area contributed by atoms with Gasteiger partial charge in [-0.2, -0.15) is 0 Å². The molecule has 2 aliphatic heterocycles. The maximum Gasteiger partial charge on any atom is 0.184 e. The summed E-state index contributed by atoms with van der Waals surface area (Å²) in [6.45, 7) is 4.02. The lowest BCUT2D eigenvalue weighted by Crippen LogP contribution is -2.48. The number of thiazole rings is 1. The van der Waals surface area contributed by atoms with E-state index in [0.717, 1.165) is 43.5 Å². The Balaban J connectivity index is 1.44. The lowest BCUT2D eigenvalue weighted by molar-refractivity contribution is 0.0670. The van der Waals surface area contributed by atoms with E-state index < -0.39 is 11.8 Å². The van der Waals surface area contributed by atoms with E-state index in [1.807, 2.05) is 17.5 Å². The fourth-order valence-electron chi connectivity index (χ4n) is 4.76. The zero-order valence-electron chi connectivity index (χ0n) is 19.6. The number of aliphatic hydroxyl groups is 1. The van der Waals surface area contributed by atoms with Crippen LogP contribution in [0.1, 0.15) is 37.3 Å². The van der Waals surface area contributed by atoms with Crippen LogP contribution in [0.2, 0.25) is 0 Å². The molecule has 0 spiro atoms. The summed E-state index contributed by atoms with van der Waals surface area (Å²) >= 11 is 1.44. The van der Waals surface area contributed by atoms with Crippen LogP contribution in [0.5, 0.6) is 17.2 Å². The van der Waals surface area contributed by atoms with E-state index in [-0.39, 0.29) is 11.9 Å². The van der Waals surface area contributed by atoms with Gasteiger partial charge in [-0.05, 0) is 61.6 Å². The number of halogens is 1. The number of aromatic nitrogens is 1. The Morgan fingerprint density at radius 1 is 1.34 bits per heavy atom. The first-order valence-electron chi connectivity index (χ1n) is 11.9. The molecule has 1 fully saturated rings. The molecule has 1 saturated heterocycles. The van der Waals surface area contributed by atoms with E-state index in [2.05, 4.69) is 22.5 Å². The predicted molar refractivity (Wildman–Crippen MR) is 133 cm³/mol. The van der Waals surface area contributed by atoms with Gasteiger partial charge in [-0.25, -0.2) is 9.37 Å². The van der Waals surface area contributed by atoms with Crippen LogP contribution < -0.4 is 20.1 Å². The van der Waals surface area contributed by atoms with Gasteiger partial charge in [0.05, 0.1) is 6.10 Å². The van der Waals surface area contributed by atoms with Gasteiger partial charge in [0, 0.05) is 42.8 Å². The molecule has 0 bridgehead atoms. The minimum atomic E-state index is -0.798. The summed E-state index contributed by atoms with van der Waals surface area (Å²) in [4.78, 5) is 4.20. The number of aliphatic hydroxyl groups excluding tert-OH is 1. The fraction of sp³-hybridized carbons (Fsp3) is 0.423. The summed E-state index contributed by atoms with van der Waals surface area (Å²) in [5.41, 5.74) is 1.62. The van der Waals surface area contributed by atoms with Crippen molar-refractivity contribution < 1.29 is 23.7 Å². The molecule has 3 heterocycles. The van der Waals surface area contributed by atoms with Crippen LogP contribution in [0, 0.1) is 5.82 Å². The van der Waals surface area contributed by atoms with Crippen molar-refractivity contribution in [3.63, 3.8) is 0 Å². The second-order valence-corrected chi connectivity index (χ2v) is 10.1. The van der Waals surface area contributed by atoms with Gasteiger partial charge in [0.25, 0.3) is 0 Å². The van der Waals surface area contributed by atoms with Crippen molar-refractivity contribution in [3.8, 4) is 17.2 Å². The van der Waals surface area contributed by atoms with Crippen LogP contribution in [-0.2, 0) is 16.7 Å². The maximum atomic E-state index is 13.8. The second kappa shape index (κ2) is 10.5. The monoisotopic (exact) mass is 499 g/mol. The van der Waals surface area contributed by atoms with Gasteiger partial charge in [0.15, 0.2) is 16.6 Å². The smallest absolute Gasteiger partial charge is 0.184 e. The topological polar surface area (TPSA) is 84.9 Å². The average molecular weight is 500 g/mol. The number of ether oxygens (including phenoxy) is 3. The predicted octanol–water partition coefficient (Wildman–Crippen LogP) is 4.81. The van der Waals surface area contributed by atoms with Crippen molar-refractivity contribution in [2.45, 2.75) is 50.5 Å². The normalized spacial score (nSPS) is 22.4. The SMILES string of the molecule is C[C@]1(CC(O)Nc2nccs2)NCCc2cc(OCC3CCCO3)c(Oc3cccc(F)c3)cc21. The molecule has 3 aromatic rings. The van der Waals surface area contributed by atoms with Crippen LogP contribution >= 0.6 is 11.3 Å². The molecule has 3 N–H and O–H groups in total. The van der Waals surface area contributed by atoms with Crippen LogP contribution in [0.25, 0.3) is 0 Å². The van der Waals surface area contributed by atoms with Crippen molar-refractivity contribution in [3.05, 3.63) is 64.9 Å². The van der Waals surface area contributed by atoms with Crippen molar-refractivity contribution >= 4 is 16.5 Å². The highest BCUT2D eigenvalue weighted by atomic mass is 32.1. The molecule has 5 rings (SSSR count). The number of anilines is 1. The summed E-state index contributed by atoms with van der Waals surface area (Å²) in [6.07, 6.45) is 4.19. The molecule has 2 unspecified atom stereocenters. The third kappa shape index (κ3) is 5.75. The Morgan fingerprint density at radius 3 is 3.03 bits per heavy atom. The third-order valence-corrected chi connectivity index (χ3v) is 7.17. The Morgan fingerprint density at radius 2 is 2.26 bits per heavy atom. The molecule has 2 aromatic carbocycles. The Hall–Kier alpha value is -2.72. The Bertz CT molecular complexity index is 1140. The average Bonchev–Trinajstić information content (AvgIpc) is 3.52. The number of nitrogens with one attached hydrogen (secondary N) is 2. The molecule has 0 saturated carbocycles. The quantitative estimate of drug-likeness (QED) is 0.364. The number of hydrogen-bond donors (Lipinski definition) is 3. The van der Waals surface area contributed by atoms with Gasteiger partial charge in [0.2, 0.25) is 0 Å². The van der Waals surface area contributed by atoms with E-state index in [4.69, 9.17) is 14.2 Å². The van der Waals surface area contributed by atoms with Crippen molar-refractivity contribution in [1.82, 2.24) is 10.3 Å². The van der Waals surface area contributed by atoms with Gasteiger partial charge < -0.3 is 30.0 Å². The van der Waals surface area contributed by atoms with Gasteiger partial charge >= 0.3 is 0 Å². The van der Waals surface area contributed by atoms with Crippen molar-refractivity contribution in [2.75, 3.05) is 25.1 Å². The number of nitrogens with zero attached hydrogens (tertiary/aromatic N) is 1. The standard InChI is InChI=1S/C26H30FN3O4S/c1-26(15-24(31)30-25-28-9-11-35-25)21-14-23(34-19-5-2-4-18(27)13-19)22(12-17(21)7-8-29-26)33-16-20-6-3-10-32-20/h2,4-5,9,11-14,20,24,29,31H,3,6-8,10,15-16H2,1H3,(H,28,30)/t20?,24?,26-/m1/s1. The van der Waals surface area contributed by atoms with Crippen LogP contribution in [-0.4, -0.2) is 42.2 Å². The van der Waals surface area contributed by atoms with Gasteiger partial charge in [-0.15, -0.1) is 11.3 Å². The van der Waals surface area contributed by atoms with E-state index in [1.54, 1.807) is 18.3 Å². The molecular weight excluding hydrogens is 469 g/mol. The molecule has 9 heteroatoms. The lowest BCUT2D eigenvalue weighted by Gasteiger charge is -2.39. The Kier molecular flexibility index (Phi) is 7.19. The molecule has 7 nitrogen and oxygen atoms in total. The third-order valence-electron chi connectivity index (χ3n) is 6.47. The highest BCUT2D eigenvalue weighted by molar-refractivity contribution is 7.13. The minimum Gasteiger partial charge on any atom is -0.487 e. The number of fused-ring (bicyclic) bond motifs is 1. The number of rotatable bonds is 9. The molecule has 3 atom stereocenters. The molecule has 186 valence electrons. The van der Waals surface area contributed by atoms with Crippen LogP contribution in [0.3, 0.4) is 0 Å². The molecule has 0 amide bonds. The Labute approximate surface area is 208 Å². The molecular formula is C26H30FN3O4S. The summed E-state index contributed by atoms with van der Waals surface area (Å²) < 4.78 is 31.9. The van der Waals surface area contributed by atoms with E-state index in [1.165, 1.54) is 23.5 Å². The maximum absolute atomic E-state index is 13.8. The zero-order chi connectivity index (χ0) is 24.3. The van der Waals surface area contributed by atoms with Crippen molar-refractivity contribution in [2.24, 2.45) is 0 Å². The largest absolute Gasteiger partial charge is 0.487 e. The molecule has 1 aromatic heterocycles. The first kappa shape index (κ1) is 24.0. The molecule has 35 heavy (non-hydrogen) atoms. The molecule has 2 aliphatic rings. The first-order valence-corrected chi connectivity index (χ1v) is 12.8. The summed E-state index contributed by atoms with van der Waals surface area (Å²) in [7, 11) is 0. The first-order chi connectivity index (χ1) is 17.0. The van der Waals surface area contributed by atoms with Crippen molar-refractivity contribution in [1.29, 1.82) is 0 Å². The summed E-state index contributed by atoms with van der Waals surface area (Å²) in [6, 6.07) is 10.0. The van der Waals surface area contributed by atoms with Gasteiger partial charge in [-0.3, -0.25) is 0 Å². The highest BCUT2D eigenvalue weighted by Gasteiger charge is 2.35. The molecule has 0 aliphatic carbocycles. The second-order valence-electron chi connectivity index (χ2n) is 9.17. The zero-order valence-corrected chi connectivity index (χ0v) is 20.4. The van der Waals surface area contributed by atoms with E-state index in [9.17, 15) is 9.50 Å². The van der Waals surface area contributed by atoms with Crippen LogP contribution in [0.15, 0.2) is 48.0 Å². The lowest BCUT2D eigenvalue weighted by atomic mass is 9.80. The number of hydrogen-bond acceptors (Lipinski definition) is 8.